The highest BCUT2D eigenvalue weighted by Gasteiger charge is 2.42. The van der Waals surface area contributed by atoms with E-state index in [-0.39, 0.29) is 17.1 Å². The number of H-pyrrole nitrogens is 1. The van der Waals surface area contributed by atoms with Crippen LogP contribution in [0.25, 0.3) is 10.9 Å². The van der Waals surface area contributed by atoms with Crippen LogP contribution in [0.5, 0.6) is 0 Å². The van der Waals surface area contributed by atoms with Gasteiger partial charge in [-0.05, 0) is 98.3 Å². The maximum absolute atomic E-state index is 13.6. The lowest BCUT2D eigenvalue weighted by atomic mass is 9.69. The lowest BCUT2D eigenvalue weighted by molar-refractivity contribution is 0.0326. The van der Waals surface area contributed by atoms with Gasteiger partial charge in [-0.2, -0.15) is 0 Å². The van der Waals surface area contributed by atoms with E-state index in [1.54, 1.807) is 0 Å². The largest absolute Gasteiger partial charge is 0.322 e. The van der Waals surface area contributed by atoms with Crippen molar-refractivity contribution in [3.05, 3.63) is 51.6 Å². The predicted octanol–water partition coefficient (Wildman–Crippen LogP) is 5.10. The summed E-state index contributed by atoms with van der Waals surface area (Å²) in [5.41, 5.74) is 2.83. The second kappa shape index (κ2) is 8.91. The van der Waals surface area contributed by atoms with Crippen molar-refractivity contribution in [3.8, 4) is 0 Å². The number of likely N-dealkylation sites (tertiary alicyclic amines) is 1. The Morgan fingerprint density at radius 1 is 1.12 bits per heavy atom. The van der Waals surface area contributed by atoms with E-state index in [4.69, 9.17) is 0 Å². The second-order valence-electron chi connectivity index (χ2n) is 11.3. The zero-order chi connectivity index (χ0) is 23.9. The molecular weight excluding hydrogens is 424 g/mol. The molecule has 3 aromatic rings. The topological polar surface area (TPSA) is 79.7 Å². The Labute approximate surface area is 201 Å². The molecule has 3 heterocycles. The first kappa shape index (κ1) is 23.2. The number of benzene rings is 1. The lowest BCUT2D eigenvalue weighted by Crippen LogP contribution is -2.48. The molecule has 1 aromatic carbocycles. The average molecular weight is 463 g/mol. The number of fused-ring (bicyclic) bond motifs is 1. The first-order valence-corrected chi connectivity index (χ1v) is 13.0. The van der Waals surface area contributed by atoms with Gasteiger partial charge in [-0.15, -0.1) is 5.10 Å². The molecule has 7 heteroatoms. The Balaban J connectivity index is 1.65. The van der Waals surface area contributed by atoms with Crippen molar-refractivity contribution >= 4 is 10.9 Å². The van der Waals surface area contributed by atoms with Gasteiger partial charge in [0.05, 0.1) is 5.54 Å². The van der Waals surface area contributed by atoms with E-state index < -0.39 is 0 Å². The summed E-state index contributed by atoms with van der Waals surface area (Å²) < 4.78 is 1.96. The van der Waals surface area contributed by atoms with Crippen LogP contribution in [0.1, 0.15) is 95.1 Å². The fourth-order valence-corrected chi connectivity index (χ4v) is 6.16. The van der Waals surface area contributed by atoms with Gasteiger partial charge in [0.25, 0.3) is 5.56 Å². The van der Waals surface area contributed by atoms with Gasteiger partial charge in [0, 0.05) is 17.6 Å². The number of nitrogens with zero attached hydrogens (tertiary/aromatic N) is 5. The van der Waals surface area contributed by atoms with E-state index in [0.29, 0.717) is 5.41 Å². The highest BCUT2D eigenvalue weighted by Crippen LogP contribution is 2.45. The van der Waals surface area contributed by atoms with E-state index >= 15 is 0 Å². The van der Waals surface area contributed by atoms with Crippen molar-refractivity contribution in [2.75, 3.05) is 13.1 Å². The molecule has 5 rings (SSSR count). The number of rotatable bonds is 5. The molecule has 1 aliphatic carbocycles. The summed E-state index contributed by atoms with van der Waals surface area (Å²) in [6.45, 7) is 10.5. The highest BCUT2D eigenvalue weighted by molar-refractivity contribution is 5.79. The SMILES string of the molecule is CCC(C)(C)n1nnnc1[C@@H](c1cc2ccc(C)cc2[nH]c1=O)N1CCCC2(CCCCC2)C1. The molecule has 7 nitrogen and oxygen atoms in total. The summed E-state index contributed by atoms with van der Waals surface area (Å²) >= 11 is 0. The Morgan fingerprint density at radius 2 is 1.88 bits per heavy atom. The van der Waals surface area contributed by atoms with Crippen LogP contribution in [-0.4, -0.2) is 43.2 Å². The van der Waals surface area contributed by atoms with E-state index in [1.807, 2.05) is 17.7 Å². The molecule has 34 heavy (non-hydrogen) atoms. The van der Waals surface area contributed by atoms with Crippen LogP contribution in [0, 0.1) is 12.3 Å². The molecule has 1 atom stereocenters. The van der Waals surface area contributed by atoms with E-state index in [2.05, 4.69) is 64.4 Å². The van der Waals surface area contributed by atoms with Gasteiger partial charge in [-0.25, -0.2) is 4.68 Å². The number of aromatic nitrogens is 5. The van der Waals surface area contributed by atoms with Gasteiger partial charge >= 0.3 is 0 Å². The molecule has 1 saturated carbocycles. The fraction of sp³-hybridized carbons (Fsp3) is 0.630. The van der Waals surface area contributed by atoms with Crippen LogP contribution in [0.15, 0.2) is 29.1 Å². The van der Waals surface area contributed by atoms with Gasteiger partial charge in [0.1, 0.15) is 6.04 Å². The van der Waals surface area contributed by atoms with Crippen molar-refractivity contribution in [2.24, 2.45) is 5.41 Å². The van der Waals surface area contributed by atoms with Crippen LogP contribution < -0.4 is 5.56 Å². The minimum absolute atomic E-state index is 0.0461. The van der Waals surface area contributed by atoms with Crippen molar-refractivity contribution in [2.45, 2.75) is 90.6 Å². The molecule has 182 valence electrons. The number of piperidine rings is 1. The maximum Gasteiger partial charge on any atom is 0.253 e. The van der Waals surface area contributed by atoms with Crippen molar-refractivity contribution < 1.29 is 0 Å². The van der Waals surface area contributed by atoms with E-state index in [0.717, 1.165) is 53.8 Å². The number of aryl methyl sites for hydroxylation is 1. The molecule has 0 amide bonds. The number of tetrazole rings is 1. The zero-order valence-corrected chi connectivity index (χ0v) is 21.1. The van der Waals surface area contributed by atoms with Gasteiger partial charge in [-0.1, -0.05) is 38.3 Å². The maximum atomic E-state index is 13.6. The number of hydrogen-bond acceptors (Lipinski definition) is 5. The smallest absolute Gasteiger partial charge is 0.253 e. The monoisotopic (exact) mass is 462 g/mol. The van der Waals surface area contributed by atoms with Crippen LogP contribution >= 0.6 is 0 Å². The van der Waals surface area contributed by atoms with Crippen LogP contribution in [-0.2, 0) is 5.54 Å². The summed E-state index contributed by atoms with van der Waals surface area (Å²) in [4.78, 5) is 19.2. The second-order valence-corrected chi connectivity index (χ2v) is 11.3. The predicted molar refractivity (Wildman–Crippen MR) is 135 cm³/mol. The Bertz CT molecular complexity index is 1210. The molecule has 1 saturated heterocycles. The van der Waals surface area contributed by atoms with Crippen molar-refractivity contribution in [3.63, 3.8) is 0 Å². The first-order chi connectivity index (χ1) is 16.3. The molecule has 2 fully saturated rings. The van der Waals surface area contributed by atoms with E-state index in [9.17, 15) is 4.79 Å². The van der Waals surface area contributed by atoms with Gasteiger partial charge in [0.2, 0.25) is 0 Å². The number of hydrogen-bond donors (Lipinski definition) is 1. The molecule has 1 aliphatic heterocycles. The van der Waals surface area contributed by atoms with Gasteiger partial charge in [0.15, 0.2) is 5.82 Å². The Kier molecular flexibility index (Phi) is 6.09. The normalized spacial score (nSPS) is 20.1. The van der Waals surface area contributed by atoms with Crippen LogP contribution in [0.2, 0.25) is 0 Å². The molecule has 0 unspecified atom stereocenters. The molecular formula is C27H38N6O. The van der Waals surface area contributed by atoms with Crippen molar-refractivity contribution in [1.82, 2.24) is 30.1 Å². The Morgan fingerprint density at radius 3 is 2.65 bits per heavy atom. The Hall–Kier alpha value is -2.54. The van der Waals surface area contributed by atoms with E-state index in [1.165, 1.54) is 38.5 Å². The molecule has 0 bridgehead atoms. The fourth-order valence-electron chi connectivity index (χ4n) is 6.16. The molecule has 2 aliphatic rings. The average Bonchev–Trinajstić information content (AvgIpc) is 3.31. The minimum atomic E-state index is -0.269. The highest BCUT2D eigenvalue weighted by atomic mass is 16.1. The summed E-state index contributed by atoms with van der Waals surface area (Å²) in [7, 11) is 0. The first-order valence-electron chi connectivity index (χ1n) is 13.0. The third-order valence-corrected chi connectivity index (χ3v) is 8.47. The lowest BCUT2D eigenvalue weighted by Gasteiger charge is -2.47. The third-order valence-electron chi connectivity index (χ3n) is 8.47. The molecule has 1 N–H and O–H groups in total. The quantitative estimate of drug-likeness (QED) is 0.570. The zero-order valence-electron chi connectivity index (χ0n) is 21.1. The number of aromatic amines is 1. The summed E-state index contributed by atoms with van der Waals surface area (Å²) in [5.74, 6) is 0.775. The summed E-state index contributed by atoms with van der Waals surface area (Å²) in [6.07, 6.45) is 9.88. The standard InChI is InChI=1S/C27H38N6O/c1-5-26(3,4)33-24(29-30-31-33)23(32-15-9-14-27(18-32)12-7-6-8-13-27)21-17-20-11-10-19(2)16-22(20)28-25(21)34/h10-11,16-17,23H,5-9,12-15,18H2,1-4H3,(H,28,34)/t23-/m1/s1. The van der Waals surface area contributed by atoms with Crippen LogP contribution in [0.3, 0.4) is 0 Å². The molecule has 0 radical (unpaired) electrons. The molecule has 2 aromatic heterocycles. The number of pyridine rings is 1. The van der Waals surface area contributed by atoms with Gasteiger partial charge < -0.3 is 4.98 Å². The molecule has 1 spiro atoms. The van der Waals surface area contributed by atoms with Gasteiger partial charge in [-0.3, -0.25) is 9.69 Å². The minimum Gasteiger partial charge on any atom is -0.322 e. The summed E-state index contributed by atoms with van der Waals surface area (Å²) in [6, 6.07) is 8.03. The number of nitrogens with one attached hydrogen (secondary N) is 1. The summed E-state index contributed by atoms with van der Waals surface area (Å²) in [5, 5.41) is 14.1. The van der Waals surface area contributed by atoms with Crippen LogP contribution in [0.4, 0.5) is 0 Å². The third kappa shape index (κ3) is 4.19. The van der Waals surface area contributed by atoms with Crippen molar-refractivity contribution in [1.29, 1.82) is 0 Å².